The van der Waals surface area contributed by atoms with Crippen LogP contribution in [0.2, 0.25) is 0 Å². The van der Waals surface area contributed by atoms with Crippen molar-refractivity contribution in [2.45, 2.75) is 264 Å². The maximum Gasteiger partial charge on any atom is 0.472 e. The van der Waals surface area contributed by atoms with Gasteiger partial charge in [0.25, 0.3) is 0 Å². The van der Waals surface area contributed by atoms with E-state index in [0.717, 1.165) is 38.5 Å². The number of rotatable bonds is 46. The molecule has 0 heterocycles. The first-order chi connectivity index (χ1) is 27.5. The van der Waals surface area contributed by atoms with Gasteiger partial charge in [-0.1, -0.05) is 232 Å². The van der Waals surface area contributed by atoms with Crippen molar-refractivity contribution in [2.75, 3.05) is 40.9 Å². The highest BCUT2D eigenvalue weighted by Crippen LogP contribution is 2.43. The van der Waals surface area contributed by atoms with Crippen molar-refractivity contribution in [3.63, 3.8) is 0 Å². The zero-order chi connectivity index (χ0) is 42.1. The molecule has 0 spiro atoms. The Kier molecular flexibility index (Phi) is 40.5. The number of hydrogen-bond acceptors (Lipinski definition) is 5. The molecule has 0 fully saturated rings. The molecule has 3 atom stereocenters. The molecule has 1 unspecified atom stereocenters. The molecule has 0 aliphatic rings. The first-order valence-electron chi connectivity index (χ1n) is 24.9. The van der Waals surface area contributed by atoms with E-state index in [9.17, 15) is 19.4 Å². The zero-order valence-electron chi connectivity index (χ0n) is 38.9. The number of phosphoric acid groups is 1. The molecule has 342 valence electrons. The topological polar surface area (TPSA) is 105 Å². The molecular formula is C48H100N2O6P+. The van der Waals surface area contributed by atoms with Crippen LogP contribution < -0.4 is 5.32 Å². The molecular weight excluding hydrogens is 732 g/mol. The number of aliphatic hydroxyl groups excluding tert-OH is 1. The molecule has 0 aliphatic heterocycles. The lowest BCUT2D eigenvalue weighted by molar-refractivity contribution is -0.870. The van der Waals surface area contributed by atoms with E-state index in [4.69, 9.17) is 9.05 Å². The quantitative estimate of drug-likeness (QED) is 0.0321. The van der Waals surface area contributed by atoms with Crippen molar-refractivity contribution in [1.29, 1.82) is 0 Å². The Balaban J connectivity index is 4.14. The summed E-state index contributed by atoms with van der Waals surface area (Å²) in [6.07, 6.45) is 45.7. The average Bonchev–Trinajstić information content (AvgIpc) is 3.16. The molecule has 0 rings (SSSR count). The van der Waals surface area contributed by atoms with Gasteiger partial charge in [0.2, 0.25) is 5.91 Å². The van der Waals surface area contributed by atoms with E-state index >= 15 is 0 Å². The highest BCUT2D eigenvalue weighted by Gasteiger charge is 2.28. The maximum atomic E-state index is 12.9. The van der Waals surface area contributed by atoms with E-state index in [1.165, 1.54) is 186 Å². The normalized spacial score (nSPS) is 14.2. The van der Waals surface area contributed by atoms with Crippen molar-refractivity contribution in [2.24, 2.45) is 0 Å². The second-order valence-electron chi connectivity index (χ2n) is 18.6. The second-order valence-corrected chi connectivity index (χ2v) is 20.0. The summed E-state index contributed by atoms with van der Waals surface area (Å²) in [5.74, 6) is -0.139. The van der Waals surface area contributed by atoms with Gasteiger partial charge in [-0.2, -0.15) is 0 Å². The predicted octanol–water partition coefficient (Wildman–Crippen LogP) is 14.1. The lowest BCUT2D eigenvalue weighted by Crippen LogP contribution is -2.46. The van der Waals surface area contributed by atoms with Crippen molar-refractivity contribution >= 4 is 13.7 Å². The van der Waals surface area contributed by atoms with Gasteiger partial charge >= 0.3 is 7.82 Å². The van der Waals surface area contributed by atoms with Gasteiger partial charge in [-0.3, -0.25) is 13.8 Å². The monoisotopic (exact) mass is 832 g/mol. The number of phosphoric ester groups is 1. The number of unbranched alkanes of at least 4 members (excludes halogenated alkanes) is 33. The molecule has 0 radical (unpaired) electrons. The molecule has 1 amide bonds. The Hall–Kier alpha value is -0.500. The summed E-state index contributed by atoms with van der Waals surface area (Å²) >= 11 is 0. The van der Waals surface area contributed by atoms with Gasteiger partial charge in [0, 0.05) is 6.42 Å². The molecule has 3 N–H and O–H groups in total. The summed E-state index contributed by atoms with van der Waals surface area (Å²) in [5, 5.41) is 14.0. The highest BCUT2D eigenvalue weighted by molar-refractivity contribution is 7.47. The van der Waals surface area contributed by atoms with Crippen LogP contribution in [0.25, 0.3) is 0 Å². The smallest absolute Gasteiger partial charge is 0.391 e. The number of nitrogens with zero attached hydrogens (tertiary/aromatic N) is 1. The van der Waals surface area contributed by atoms with E-state index in [0.29, 0.717) is 23.9 Å². The minimum atomic E-state index is -4.31. The number of nitrogens with one attached hydrogen (secondary N) is 1. The zero-order valence-corrected chi connectivity index (χ0v) is 39.8. The third kappa shape index (κ3) is 43.4. The summed E-state index contributed by atoms with van der Waals surface area (Å²) in [5.41, 5.74) is 0. The molecule has 0 aromatic heterocycles. The Bertz CT molecular complexity index is 901. The minimum absolute atomic E-state index is 0.0786. The van der Waals surface area contributed by atoms with Crippen molar-refractivity contribution in [1.82, 2.24) is 5.32 Å². The number of carbonyl (C=O) groups excluding carboxylic acids is 1. The third-order valence-electron chi connectivity index (χ3n) is 11.6. The second kappa shape index (κ2) is 40.9. The van der Waals surface area contributed by atoms with Crippen LogP contribution in [0.5, 0.6) is 0 Å². The van der Waals surface area contributed by atoms with Gasteiger partial charge in [-0.05, 0) is 12.8 Å². The number of amides is 1. The Morgan fingerprint density at radius 1 is 0.526 bits per heavy atom. The molecule has 0 aliphatic carbocycles. The molecule has 0 aromatic rings. The van der Waals surface area contributed by atoms with Gasteiger partial charge < -0.3 is 19.8 Å². The van der Waals surface area contributed by atoms with Crippen LogP contribution in [0.3, 0.4) is 0 Å². The summed E-state index contributed by atoms with van der Waals surface area (Å²) in [4.78, 5) is 23.2. The maximum absolute atomic E-state index is 12.9. The van der Waals surface area contributed by atoms with Crippen LogP contribution in [0.4, 0.5) is 0 Å². The van der Waals surface area contributed by atoms with E-state index in [1.54, 1.807) is 0 Å². The van der Waals surface area contributed by atoms with Crippen molar-refractivity contribution < 1.29 is 32.9 Å². The fourth-order valence-corrected chi connectivity index (χ4v) is 8.37. The molecule has 57 heavy (non-hydrogen) atoms. The Labute approximate surface area is 355 Å². The van der Waals surface area contributed by atoms with Crippen LogP contribution >= 0.6 is 7.82 Å². The van der Waals surface area contributed by atoms with Crippen molar-refractivity contribution in [3.8, 4) is 0 Å². The standard InChI is InChI=1S/C48H99N2O6P/c1-6-8-10-12-14-16-18-20-21-22-23-24-25-26-27-28-29-30-32-34-36-38-40-42-48(52)49-46(45-56-57(53,54)55-44-43-50(3,4)5)47(51)41-39-37-35-33-31-19-17-15-13-11-9-7-2/h46-47,51H,6-45H2,1-5H3,(H-,49,52,53,54)/p+1/t46-,47+/m0/s1. The fourth-order valence-electron chi connectivity index (χ4n) is 7.64. The highest BCUT2D eigenvalue weighted by atomic mass is 31.2. The predicted molar refractivity (Wildman–Crippen MR) is 245 cm³/mol. The van der Waals surface area contributed by atoms with E-state index in [-0.39, 0.29) is 19.1 Å². The first-order valence-corrected chi connectivity index (χ1v) is 26.4. The average molecular weight is 832 g/mol. The van der Waals surface area contributed by atoms with Crippen LogP contribution in [0.15, 0.2) is 0 Å². The molecule has 0 bridgehead atoms. The molecule has 0 saturated carbocycles. The van der Waals surface area contributed by atoms with E-state index in [2.05, 4.69) is 19.2 Å². The lowest BCUT2D eigenvalue weighted by atomic mass is 10.0. The largest absolute Gasteiger partial charge is 0.472 e. The van der Waals surface area contributed by atoms with Crippen LogP contribution in [-0.2, 0) is 18.4 Å². The Morgan fingerprint density at radius 2 is 0.842 bits per heavy atom. The SMILES string of the molecule is CCCCCCCCCCCCCCCCCCCCCCCCCC(=O)N[C@@H](COP(=O)(O)OCC[N+](C)(C)C)[C@H](O)CCCCCCCCCCCCCC. The number of carbonyl (C=O) groups is 1. The molecule has 0 saturated heterocycles. The number of quaternary nitrogens is 1. The fraction of sp³-hybridized carbons (Fsp3) is 0.979. The van der Waals surface area contributed by atoms with Gasteiger partial charge in [0.1, 0.15) is 13.2 Å². The summed E-state index contributed by atoms with van der Waals surface area (Å²) < 4.78 is 23.7. The number of aliphatic hydroxyl groups is 1. The van der Waals surface area contributed by atoms with Gasteiger partial charge in [0.05, 0.1) is 39.9 Å². The first kappa shape index (κ1) is 56.5. The molecule has 9 heteroatoms. The summed E-state index contributed by atoms with van der Waals surface area (Å²) in [6, 6.07) is -0.753. The van der Waals surface area contributed by atoms with Gasteiger partial charge in [-0.15, -0.1) is 0 Å². The molecule has 0 aromatic carbocycles. The van der Waals surface area contributed by atoms with E-state index in [1.807, 2.05) is 21.1 Å². The van der Waals surface area contributed by atoms with Gasteiger partial charge in [-0.25, -0.2) is 4.57 Å². The number of likely N-dealkylation sites (N-methyl/N-ethyl adjacent to an activating group) is 1. The van der Waals surface area contributed by atoms with Gasteiger partial charge in [0.15, 0.2) is 0 Å². The van der Waals surface area contributed by atoms with Crippen molar-refractivity contribution in [3.05, 3.63) is 0 Å². The van der Waals surface area contributed by atoms with Crippen LogP contribution in [0.1, 0.15) is 251 Å². The summed E-state index contributed by atoms with van der Waals surface area (Å²) in [7, 11) is 1.63. The number of hydrogen-bond donors (Lipinski definition) is 3. The Morgan fingerprint density at radius 3 is 1.18 bits per heavy atom. The molecule has 8 nitrogen and oxygen atoms in total. The lowest BCUT2D eigenvalue weighted by Gasteiger charge is -2.26. The summed E-state index contributed by atoms with van der Waals surface area (Å²) in [6.45, 7) is 4.91. The minimum Gasteiger partial charge on any atom is -0.391 e. The third-order valence-corrected chi connectivity index (χ3v) is 12.6. The van der Waals surface area contributed by atoms with E-state index < -0.39 is 20.0 Å². The van der Waals surface area contributed by atoms with Crippen LogP contribution in [0, 0.1) is 0 Å². The van der Waals surface area contributed by atoms with Crippen LogP contribution in [-0.4, -0.2) is 73.4 Å².